The van der Waals surface area contributed by atoms with Crippen LogP contribution in [-0.4, -0.2) is 55.4 Å². The maximum absolute atomic E-state index is 12.3. The molecule has 0 aromatic rings. The molecule has 2 fully saturated rings. The fourth-order valence-electron chi connectivity index (χ4n) is 4.48. The van der Waals surface area contributed by atoms with Gasteiger partial charge in [0.2, 0.25) is 0 Å². The van der Waals surface area contributed by atoms with E-state index in [2.05, 4.69) is 12.2 Å². The second-order valence-corrected chi connectivity index (χ2v) is 10.9. The number of hydrogen-bond donors (Lipinski definition) is 1. The number of sulfone groups is 1. The summed E-state index contributed by atoms with van der Waals surface area (Å²) in [6.07, 6.45) is 9.32. The van der Waals surface area contributed by atoms with Gasteiger partial charge in [-0.3, -0.25) is 10.0 Å². The summed E-state index contributed by atoms with van der Waals surface area (Å²) in [4.78, 5) is 11.9. The summed E-state index contributed by atoms with van der Waals surface area (Å²) in [6.45, 7) is 5.55. The average molecular weight is 402 g/mol. The summed E-state index contributed by atoms with van der Waals surface area (Å²) in [5, 5.41) is 9.98. The minimum absolute atomic E-state index is 0.0941. The van der Waals surface area contributed by atoms with E-state index in [1.807, 2.05) is 20.8 Å². The third-order valence-electron chi connectivity index (χ3n) is 5.94. The monoisotopic (exact) mass is 401 g/mol. The number of nitrogens with zero attached hydrogens (tertiary/aromatic N) is 1. The van der Waals surface area contributed by atoms with Crippen LogP contribution in [0.4, 0.5) is 0 Å². The maximum Gasteiger partial charge on any atom is 0.251 e. The first-order valence-electron chi connectivity index (χ1n) is 10.1. The average Bonchev–Trinajstić information content (AvgIpc) is 3.15. The van der Waals surface area contributed by atoms with E-state index in [9.17, 15) is 18.4 Å². The zero-order chi connectivity index (χ0) is 20.2. The summed E-state index contributed by atoms with van der Waals surface area (Å²) in [7, 11) is -1.66. The maximum atomic E-state index is 12.3. The molecule has 7 heteroatoms. The van der Waals surface area contributed by atoms with Crippen LogP contribution in [0.3, 0.4) is 0 Å². The Morgan fingerprint density at radius 3 is 2.44 bits per heavy atom. The van der Waals surface area contributed by atoms with Crippen LogP contribution in [-0.2, 0) is 19.4 Å². The van der Waals surface area contributed by atoms with Crippen LogP contribution in [0.1, 0.15) is 59.3 Å². The molecule has 2 rings (SSSR count). The third kappa shape index (κ3) is 5.78. The summed E-state index contributed by atoms with van der Waals surface area (Å²) >= 11 is 0. The highest BCUT2D eigenvalue weighted by Gasteiger charge is 2.49. The van der Waals surface area contributed by atoms with Crippen molar-refractivity contribution >= 4 is 15.7 Å². The zero-order valence-electron chi connectivity index (χ0n) is 17.1. The molecule has 2 saturated heterocycles. The van der Waals surface area contributed by atoms with Crippen molar-refractivity contribution in [1.82, 2.24) is 5.06 Å². The molecule has 0 unspecified atom stereocenters. The van der Waals surface area contributed by atoms with E-state index in [4.69, 9.17) is 4.74 Å². The molecule has 2 bridgehead atoms. The van der Waals surface area contributed by atoms with Gasteiger partial charge in [-0.25, -0.2) is 13.5 Å². The van der Waals surface area contributed by atoms with Gasteiger partial charge in [0.15, 0.2) is 9.84 Å². The molecular formula is C20H35NO5S. The van der Waals surface area contributed by atoms with Gasteiger partial charge in [0.05, 0.1) is 18.0 Å². The highest BCUT2D eigenvalue weighted by molar-refractivity contribution is 7.91. The summed E-state index contributed by atoms with van der Waals surface area (Å²) in [5.41, 5.74) is -0.611. The highest BCUT2D eigenvalue weighted by atomic mass is 32.2. The molecule has 156 valence electrons. The number of hydrogen-bond acceptors (Lipinski definition) is 5. The van der Waals surface area contributed by atoms with Crippen LogP contribution in [0.2, 0.25) is 0 Å². The Bertz CT molecular complexity index is 641. The van der Waals surface area contributed by atoms with Gasteiger partial charge in [0.1, 0.15) is 0 Å². The second kappa shape index (κ2) is 9.05. The Labute approximate surface area is 163 Å². The Balaban J connectivity index is 1.88. The van der Waals surface area contributed by atoms with Crippen molar-refractivity contribution in [2.24, 2.45) is 17.3 Å². The molecule has 2 aliphatic rings. The number of hydroxylamine groups is 2. The Morgan fingerprint density at radius 1 is 1.22 bits per heavy atom. The van der Waals surface area contributed by atoms with Gasteiger partial charge >= 0.3 is 0 Å². The van der Waals surface area contributed by atoms with Gasteiger partial charge in [-0.15, -0.1) is 0 Å². The molecular weight excluding hydrogens is 366 g/mol. The van der Waals surface area contributed by atoms with Crippen molar-refractivity contribution in [3.63, 3.8) is 0 Å². The van der Waals surface area contributed by atoms with Crippen molar-refractivity contribution < 1.29 is 23.2 Å². The molecule has 0 radical (unpaired) electrons. The molecule has 0 aromatic carbocycles. The van der Waals surface area contributed by atoms with Gasteiger partial charge in [-0.05, 0) is 44.4 Å². The van der Waals surface area contributed by atoms with Crippen molar-refractivity contribution in [2.75, 3.05) is 18.6 Å². The molecule has 0 spiro atoms. The van der Waals surface area contributed by atoms with Crippen LogP contribution < -0.4 is 0 Å². The number of ether oxygens (including phenoxy) is 1. The SMILES string of the molecule is CCCS(=O)(=O)C[C@@H]1[C@H](CC=CCCC(C)(C)C(=O)N(C)O)[C@@H]2CC[C@H]1O2. The molecule has 4 atom stereocenters. The first-order chi connectivity index (χ1) is 12.6. The van der Waals surface area contributed by atoms with Crippen LogP contribution in [0.15, 0.2) is 12.2 Å². The molecule has 0 aliphatic carbocycles. The van der Waals surface area contributed by atoms with Gasteiger partial charge in [-0.1, -0.05) is 32.9 Å². The second-order valence-electron chi connectivity index (χ2n) is 8.69. The van der Waals surface area contributed by atoms with Gasteiger partial charge in [0.25, 0.3) is 5.91 Å². The van der Waals surface area contributed by atoms with E-state index < -0.39 is 15.3 Å². The Kier molecular flexibility index (Phi) is 7.50. The number of rotatable bonds is 10. The molecule has 1 N–H and O–H groups in total. The van der Waals surface area contributed by atoms with Crippen molar-refractivity contribution in [2.45, 2.75) is 71.5 Å². The Hall–Kier alpha value is -0.920. The van der Waals surface area contributed by atoms with Crippen molar-refractivity contribution in [3.05, 3.63) is 12.2 Å². The molecule has 27 heavy (non-hydrogen) atoms. The highest BCUT2D eigenvalue weighted by Crippen LogP contribution is 2.45. The zero-order valence-corrected chi connectivity index (χ0v) is 17.9. The van der Waals surface area contributed by atoms with Crippen LogP contribution >= 0.6 is 0 Å². The lowest BCUT2D eigenvalue weighted by Gasteiger charge is -2.27. The number of carbonyl (C=O) groups is 1. The first kappa shape index (κ1) is 22.4. The van der Waals surface area contributed by atoms with E-state index in [-0.39, 0.29) is 41.5 Å². The summed E-state index contributed by atoms with van der Waals surface area (Å²) < 4.78 is 30.6. The Morgan fingerprint density at radius 2 is 1.85 bits per heavy atom. The summed E-state index contributed by atoms with van der Waals surface area (Å²) in [5.74, 6) is 0.575. The lowest BCUT2D eigenvalue weighted by atomic mass is 9.78. The standard InChI is InChI=1S/C20H35NO5S/c1-5-13-27(24,25)14-16-15(17-10-11-18(16)26-17)9-7-6-8-12-20(2,3)19(22)21(4)23/h6-7,15-18,23H,5,8-14H2,1-4H3/t15-,16+,17-,18+/m0/s1. The minimum atomic E-state index is -3.01. The van der Waals surface area contributed by atoms with Crippen molar-refractivity contribution in [3.8, 4) is 0 Å². The van der Waals surface area contributed by atoms with Crippen molar-refractivity contribution in [1.29, 1.82) is 0 Å². The largest absolute Gasteiger partial charge is 0.374 e. The lowest BCUT2D eigenvalue weighted by molar-refractivity contribution is -0.169. The quantitative estimate of drug-likeness (QED) is 0.345. The van der Waals surface area contributed by atoms with Crippen LogP contribution in [0.25, 0.3) is 0 Å². The fraction of sp³-hybridized carbons (Fsp3) is 0.850. The van der Waals surface area contributed by atoms with Gasteiger partial charge in [-0.2, -0.15) is 0 Å². The van der Waals surface area contributed by atoms with Gasteiger partial charge < -0.3 is 4.74 Å². The molecule has 2 aliphatic heterocycles. The third-order valence-corrected chi connectivity index (χ3v) is 7.86. The van der Waals surface area contributed by atoms with E-state index in [0.717, 1.165) is 25.7 Å². The van der Waals surface area contributed by atoms with Crippen LogP contribution in [0, 0.1) is 17.3 Å². The molecule has 1 amide bonds. The van der Waals surface area contributed by atoms with E-state index in [0.29, 0.717) is 17.9 Å². The number of amides is 1. The van der Waals surface area contributed by atoms with Gasteiger partial charge in [0, 0.05) is 24.1 Å². The predicted octanol–water partition coefficient (Wildman–Crippen LogP) is 3.21. The minimum Gasteiger partial charge on any atom is -0.374 e. The van der Waals surface area contributed by atoms with E-state index in [1.54, 1.807) is 0 Å². The number of fused-ring (bicyclic) bond motifs is 2. The molecule has 2 heterocycles. The van der Waals surface area contributed by atoms with E-state index >= 15 is 0 Å². The first-order valence-corrected chi connectivity index (χ1v) is 11.9. The molecule has 0 saturated carbocycles. The molecule has 0 aromatic heterocycles. The summed E-state index contributed by atoms with van der Waals surface area (Å²) in [6, 6.07) is 0. The van der Waals surface area contributed by atoms with E-state index in [1.165, 1.54) is 7.05 Å². The van der Waals surface area contributed by atoms with Crippen LogP contribution in [0.5, 0.6) is 0 Å². The number of allylic oxidation sites excluding steroid dienone is 2. The lowest BCUT2D eigenvalue weighted by Crippen LogP contribution is -2.36. The fourth-order valence-corrected chi connectivity index (χ4v) is 6.31. The number of carbonyl (C=O) groups excluding carboxylic acids is 1. The molecule has 6 nitrogen and oxygen atoms in total. The predicted molar refractivity (Wildman–Crippen MR) is 105 cm³/mol. The smallest absolute Gasteiger partial charge is 0.251 e. The normalized spacial score (nSPS) is 28.2. The topological polar surface area (TPSA) is 83.9 Å².